The van der Waals surface area contributed by atoms with Crippen molar-refractivity contribution in [3.05, 3.63) is 71.8 Å². The summed E-state index contributed by atoms with van der Waals surface area (Å²) < 4.78 is 5.61. The molecule has 4 rings (SSSR count). The monoisotopic (exact) mass is 381 g/mol. The molecule has 0 N–H and O–H groups in total. The number of hydrogen-bond acceptors (Lipinski definition) is 3. The molecule has 2 heterocycles. The quantitative estimate of drug-likeness (QED) is 0.787. The van der Waals surface area contributed by atoms with Crippen LogP contribution in [0.2, 0.25) is 0 Å². The maximum absolute atomic E-state index is 13.7. The maximum Gasteiger partial charge on any atom is 0.233 e. The summed E-state index contributed by atoms with van der Waals surface area (Å²) in [6.45, 7) is 2.99. The Morgan fingerprint density at radius 3 is 2.33 bits per heavy atom. The van der Waals surface area contributed by atoms with E-state index in [0.717, 1.165) is 43.7 Å². The predicted octanol–water partition coefficient (Wildman–Crippen LogP) is 4.44. The number of carbonyl (C=O) groups excluding carboxylic acids is 1. The highest BCUT2D eigenvalue weighted by molar-refractivity contribution is 7.99. The summed E-state index contributed by atoms with van der Waals surface area (Å²) in [4.78, 5) is 15.9. The van der Waals surface area contributed by atoms with Gasteiger partial charge in [-0.2, -0.15) is 11.8 Å². The van der Waals surface area contributed by atoms with Crippen LogP contribution in [-0.2, 0) is 14.9 Å². The van der Waals surface area contributed by atoms with Crippen LogP contribution in [0.1, 0.15) is 35.6 Å². The lowest BCUT2D eigenvalue weighted by molar-refractivity contribution is -0.141. The highest BCUT2D eigenvalue weighted by atomic mass is 32.2. The van der Waals surface area contributed by atoms with Crippen LogP contribution in [0.25, 0.3) is 0 Å². The smallest absolute Gasteiger partial charge is 0.233 e. The van der Waals surface area contributed by atoms with Gasteiger partial charge in [-0.15, -0.1) is 0 Å². The van der Waals surface area contributed by atoms with Gasteiger partial charge < -0.3 is 9.64 Å². The number of carbonyl (C=O) groups is 1. The molecule has 0 saturated carbocycles. The van der Waals surface area contributed by atoms with Crippen LogP contribution < -0.4 is 0 Å². The molecule has 0 aliphatic carbocycles. The average molecular weight is 382 g/mol. The lowest BCUT2D eigenvalue weighted by atomic mass is 9.73. The molecule has 0 spiro atoms. The third-order valence-corrected chi connectivity index (χ3v) is 7.21. The van der Waals surface area contributed by atoms with E-state index in [-0.39, 0.29) is 0 Å². The fourth-order valence-electron chi connectivity index (χ4n) is 4.31. The number of hydrogen-bond donors (Lipinski definition) is 0. The second-order valence-corrected chi connectivity index (χ2v) is 8.72. The Bertz CT molecular complexity index is 743. The third kappa shape index (κ3) is 3.92. The van der Waals surface area contributed by atoms with Gasteiger partial charge in [0.05, 0.1) is 5.41 Å². The molecule has 0 radical (unpaired) electrons. The van der Waals surface area contributed by atoms with E-state index in [1.54, 1.807) is 0 Å². The Morgan fingerprint density at radius 2 is 1.63 bits per heavy atom. The number of amides is 1. The normalized spacial score (nSPS) is 22.8. The molecule has 3 nitrogen and oxygen atoms in total. The number of ether oxygens (including phenoxy) is 1. The van der Waals surface area contributed by atoms with Gasteiger partial charge in [-0.05, 0) is 30.4 Å². The lowest BCUT2D eigenvalue weighted by Crippen LogP contribution is -2.50. The van der Waals surface area contributed by atoms with Gasteiger partial charge in [0.1, 0.15) is 0 Å². The SMILES string of the molecule is O=C(N1CCS[C@@H](c2ccccc2)CC1)C1(c2ccccc2)CCOCC1. The largest absolute Gasteiger partial charge is 0.381 e. The summed E-state index contributed by atoms with van der Waals surface area (Å²) in [5, 5.41) is 0.478. The van der Waals surface area contributed by atoms with Crippen molar-refractivity contribution in [2.75, 3.05) is 32.1 Å². The summed E-state index contributed by atoms with van der Waals surface area (Å²) in [5.41, 5.74) is 2.10. The minimum atomic E-state index is -0.420. The highest BCUT2D eigenvalue weighted by Crippen LogP contribution is 2.39. The van der Waals surface area contributed by atoms with Crippen LogP contribution in [-0.4, -0.2) is 42.9 Å². The summed E-state index contributed by atoms with van der Waals surface area (Å²) >= 11 is 1.98. The molecule has 2 aliphatic heterocycles. The van der Waals surface area contributed by atoms with Crippen LogP contribution in [0.15, 0.2) is 60.7 Å². The molecule has 2 aromatic carbocycles. The first kappa shape index (κ1) is 18.6. The number of benzene rings is 2. The van der Waals surface area contributed by atoms with Crippen molar-refractivity contribution < 1.29 is 9.53 Å². The van der Waals surface area contributed by atoms with Gasteiger partial charge in [0.15, 0.2) is 0 Å². The number of nitrogens with zero attached hydrogens (tertiary/aromatic N) is 1. The van der Waals surface area contributed by atoms with Gasteiger partial charge in [0.2, 0.25) is 5.91 Å². The molecule has 1 amide bonds. The molecule has 142 valence electrons. The van der Waals surface area contributed by atoms with Crippen LogP contribution >= 0.6 is 11.8 Å². The second-order valence-electron chi connectivity index (χ2n) is 7.41. The third-order valence-electron chi connectivity index (χ3n) is 5.88. The van der Waals surface area contributed by atoms with Crippen LogP contribution in [0, 0.1) is 0 Å². The fourth-order valence-corrected chi connectivity index (χ4v) is 5.54. The molecule has 2 aromatic rings. The molecule has 2 aliphatic rings. The van der Waals surface area contributed by atoms with Crippen molar-refractivity contribution in [2.24, 2.45) is 0 Å². The highest BCUT2D eigenvalue weighted by Gasteiger charge is 2.44. The van der Waals surface area contributed by atoms with E-state index in [1.165, 1.54) is 5.56 Å². The molecule has 27 heavy (non-hydrogen) atoms. The lowest BCUT2D eigenvalue weighted by Gasteiger charge is -2.40. The molecule has 1 atom stereocenters. The zero-order chi connectivity index (χ0) is 18.5. The van der Waals surface area contributed by atoms with Crippen molar-refractivity contribution in [3.8, 4) is 0 Å². The van der Waals surface area contributed by atoms with E-state index >= 15 is 0 Å². The summed E-state index contributed by atoms with van der Waals surface area (Å²) in [7, 11) is 0. The van der Waals surface area contributed by atoms with Crippen molar-refractivity contribution in [3.63, 3.8) is 0 Å². The Labute approximate surface area is 166 Å². The molecule has 0 bridgehead atoms. The van der Waals surface area contributed by atoms with Crippen molar-refractivity contribution >= 4 is 17.7 Å². The Morgan fingerprint density at radius 1 is 0.963 bits per heavy atom. The molecule has 0 aromatic heterocycles. The Kier molecular flexibility index (Phi) is 5.84. The summed E-state index contributed by atoms with van der Waals surface area (Å²) in [6.07, 6.45) is 2.57. The fraction of sp³-hybridized carbons (Fsp3) is 0.435. The predicted molar refractivity (Wildman–Crippen MR) is 111 cm³/mol. The van der Waals surface area contributed by atoms with E-state index in [0.29, 0.717) is 24.4 Å². The number of thioether (sulfide) groups is 1. The van der Waals surface area contributed by atoms with Crippen molar-refractivity contribution in [1.29, 1.82) is 0 Å². The first-order chi connectivity index (χ1) is 13.3. The second kappa shape index (κ2) is 8.49. The summed E-state index contributed by atoms with van der Waals surface area (Å²) in [6, 6.07) is 21.0. The zero-order valence-corrected chi connectivity index (χ0v) is 16.5. The molecule has 0 unspecified atom stereocenters. The topological polar surface area (TPSA) is 29.5 Å². The van der Waals surface area contributed by atoms with Crippen molar-refractivity contribution in [1.82, 2.24) is 4.90 Å². The zero-order valence-electron chi connectivity index (χ0n) is 15.7. The molecular weight excluding hydrogens is 354 g/mol. The minimum absolute atomic E-state index is 0.298. The minimum Gasteiger partial charge on any atom is -0.381 e. The van der Waals surface area contributed by atoms with Gasteiger partial charge in [-0.1, -0.05) is 60.7 Å². The van der Waals surface area contributed by atoms with Gasteiger partial charge in [-0.25, -0.2) is 0 Å². The van der Waals surface area contributed by atoms with E-state index in [1.807, 2.05) is 30.0 Å². The average Bonchev–Trinajstić information content (AvgIpc) is 3.01. The van der Waals surface area contributed by atoms with Crippen LogP contribution in [0.3, 0.4) is 0 Å². The standard InChI is InChI=1S/C23H27NO2S/c25-22(23(12-16-26-17-13-23)20-9-5-2-6-10-20)24-14-11-21(27-18-15-24)19-7-3-1-4-8-19/h1-10,21H,11-18H2/t21-/m1/s1. The summed E-state index contributed by atoms with van der Waals surface area (Å²) in [5.74, 6) is 1.29. The molecule has 2 saturated heterocycles. The van der Waals surface area contributed by atoms with E-state index in [2.05, 4.69) is 47.4 Å². The van der Waals surface area contributed by atoms with E-state index in [4.69, 9.17) is 4.74 Å². The molecule has 2 fully saturated rings. The van der Waals surface area contributed by atoms with Crippen LogP contribution in [0.5, 0.6) is 0 Å². The van der Waals surface area contributed by atoms with Crippen LogP contribution in [0.4, 0.5) is 0 Å². The van der Waals surface area contributed by atoms with Crippen molar-refractivity contribution in [2.45, 2.75) is 29.9 Å². The Hall–Kier alpha value is -1.78. The first-order valence-electron chi connectivity index (χ1n) is 9.89. The number of rotatable bonds is 3. The Balaban J connectivity index is 1.54. The van der Waals surface area contributed by atoms with E-state index < -0.39 is 5.41 Å². The maximum atomic E-state index is 13.7. The van der Waals surface area contributed by atoms with Gasteiger partial charge in [0.25, 0.3) is 0 Å². The van der Waals surface area contributed by atoms with Gasteiger partial charge in [0, 0.05) is 37.3 Å². The van der Waals surface area contributed by atoms with Gasteiger partial charge >= 0.3 is 0 Å². The van der Waals surface area contributed by atoms with E-state index in [9.17, 15) is 4.79 Å². The first-order valence-corrected chi connectivity index (χ1v) is 10.9. The molecular formula is C23H27NO2S. The molecule has 4 heteroatoms. The van der Waals surface area contributed by atoms with Gasteiger partial charge in [-0.3, -0.25) is 4.79 Å².